The van der Waals surface area contributed by atoms with Gasteiger partial charge in [-0.05, 0) is 130 Å². The first kappa shape index (κ1) is 44.3. The summed E-state index contributed by atoms with van der Waals surface area (Å²) in [6.45, 7) is 11.6. The summed E-state index contributed by atoms with van der Waals surface area (Å²) in [6, 6.07) is 57.6. The van der Waals surface area contributed by atoms with E-state index in [-0.39, 0.29) is 11.8 Å². The van der Waals surface area contributed by atoms with Gasteiger partial charge in [0.2, 0.25) is 0 Å². The number of fused-ring (bicyclic) bond motifs is 12. The fourth-order valence-electron chi connectivity index (χ4n) is 13.4. The molecule has 6 heteroatoms. The summed E-state index contributed by atoms with van der Waals surface area (Å²) >= 11 is 0. The normalized spacial score (nSPS) is 14.7. The lowest BCUT2D eigenvalue weighted by Crippen LogP contribution is -2.13. The number of allylic oxidation sites excluding steroid dienone is 2. The lowest BCUT2D eigenvalue weighted by Gasteiger charge is -2.31. The molecule has 372 valence electrons. The molecular formula is C71H54N2O4. The van der Waals surface area contributed by atoms with Crippen molar-refractivity contribution in [1.29, 1.82) is 0 Å². The highest BCUT2D eigenvalue weighted by molar-refractivity contribution is 6.30. The first-order chi connectivity index (χ1) is 37.8. The van der Waals surface area contributed by atoms with Crippen LogP contribution in [0, 0.1) is 5.92 Å². The molecule has 0 saturated carbocycles. The number of hydrogen-bond donors (Lipinski definition) is 0. The van der Waals surface area contributed by atoms with Crippen molar-refractivity contribution in [3.63, 3.8) is 0 Å². The first-order valence-electron chi connectivity index (χ1n) is 27.4. The molecule has 0 N–H and O–H groups in total. The summed E-state index contributed by atoms with van der Waals surface area (Å²) < 4.78 is 28.0. The molecule has 0 amide bonds. The van der Waals surface area contributed by atoms with Crippen LogP contribution in [-0.2, 0) is 12.8 Å². The Hall–Kier alpha value is -9.00. The molecule has 16 rings (SSSR count). The predicted octanol–water partition coefficient (Wildman–Crippen LogP) is 21.2. The van der Waals surface area contributed by atoms with Crippen molar-refractivity contribution in [2.24, 2.45) is 5.92 Å². The molecule has 2 aliphatic rings. The van der Waals surface area contributed by atoms with Gasteiger partial charge in [0.25, 0.3) is 0 Å². The van der Waals surface area contributed by atoms with E-state index in [1.165, 1.54) is 43.8 Å². The molecule has 0 aliphatic heterocycles. The van der Waals surface area contributed by atoms with Crippen LogP contribution in [0.25, 0.3) is 110 Å². The summed E-state index contributed by atoms with van der Waals surface area (Å²) in [5.74, 6) is 2.67. The maximum Gasteiger partial charge on any atom is 0.159 e. The molecule has 0 bridgehead atoms. The Morgan fingerprint density at radius 2 is 0.831 bits per heavy atom. The minimum atomic E-state index is 0.181. The Balaban J connectivity index is 1.04. The third-order valence-electron chi connectivity index (χ3n) is 17.0. The van der Waals surface area contributed by atoms with Gasteiger partial charge < -0.3 is 27.5 Å². The summed E-state index contributed by atoms with van der Waals surface area (Å²) in [5.41, 5.74) is 16.1. The smallest absolute Gasteiger partial charge is 0.159 e. The van der Waals surface area contributed by atoms with Crippen LogP contribution in [0.5, 0.6) is 0 Å². The third-order valence-corrected chi connectivity index (χ3v) is 17.0. The number of anilines is 6. The number of rotatable bonds is 8. The van der Waals surface area contributed by atoms with Crippen molar-refractivity contribution >= 4 is 144 Å². The maximum absolute atomic E-state index is 7.07. The van der Waals surface area contributed by atoms with Crippen LogP contribution >= 0.6 is 0 Å². The molecular weight excluding hydrogens is 945 g/mol. The topological polar surface area (TPSA) is 59.0 Å². The van der Waals surface area contributed by atoms with Gasteiger partial charge in [0, 0.05) is 54.2 Å². The second-order valence-corrected chi connectivity index (χ2v) is 22.2. The largest absolute Gasteiger partial charge is 0.454 e. The van der Waals surface area contributed by atoms with Crippen molar-refractivity contribution < 1.29 is 17.7 Å². The van der Waals surface area contributed by atoms with Gasteiger partial charge in [-0.3, -0.25) is 0 Å². The predicted molar refractivity (Wildman–Crippen MR) is 321 cm³/mol. The zero-order valence-electron chi connectivity index (χ0n) is 43.7. The maximum atomic E-state index is 7.07. The molecule has 0 radical (unpaired) electrons. The SMILES string of the molecule is CC1C=Cc2oc3c(N(c4cc(C(C)C)c5ccc6c(N(c7cccc8c7oc7ccccc78)c7cccc8c7oc7ccccc78)cc(C(C)C)c7ccc4c5c76)c4cccc5c6c(oc45)C=CCC6)cccc3c2C1. The van der Waals surface area contributed by atoms with Crippen molar-refractivity contribution in [2.75, 3.05) is 9.80 Å². The van der Waals surface area contributed by atoms with E-state index in [2.05, 4.69) is 214 Å². The molecule has 4 aromatic heterocycles. The zero-order chi connectivity index (χ0) is 51.4. The Bertz CT molecular complexity index is 4720. The summed E-state index contributed by atoms with van der Waals surface area (Å²) in [5, 5.41) is 13.8. The monoisotopic (exact) mass is 998 g/mol. The summed E-state index contributed by atoms with van der Waals surface area (Å²) in [6.07, 6.45) is 11.7. The lowest BCUT2D eigenvalue weighted by molar-refractivity contribution is 0.584. The number of furan rings is 4. The highest BCUT2D eigenvalue weighted by Gasteiger charge is 2.32. The number of para-hydroxylation sites is 6. The van der Waals surface area contributed by atoms with Crippen LogP contribution in [0.1, 0.15) is 86.6 Å². The van der Waals surface area contributed by atoms with Crippen molar-refractivity contribution in [3.05, 3.63) is 204 Å². The van der Waals surface area contributed by atoms with Crippen molar-refractivity contribution in [3.8, 4) is 0 Å². The molecule has 14 aromatic rings. The van der Waals surface area contributed by atoms with Gasteiger partial charge in [0.05, 0.1) is 34.1 Å². The molecule has 10 aromatic carbocycles. The van der Waals surface area contributed by atoms with E-state index in [1.54, 1.807) is 0 Å². The Labute approximate surface area is 445 Å². The van der Waals surface area contributed by atoms with Gasteiger partial charge in [-0.1, -0.05) is 156 Å². The molecule has 1 atom stereocenters. The second-order valence-electron chi connectivity index (χ2n) is 22.2. The molecule has 4 heterocycles. The standard InChI is InChI=1S/C71H54N2O4/c1-39(2)53-37-60(72(56-23-12-19-47-42-16-6-9-27-62(42)74-68(47)56)57-24-13-20-48-43-17-7-10-28-63(43)75-69(48)57)51-33-31-46-54(40(3)4)38-61(52-34-32-45(53)66(51)67(46)52)73(58-25-14-21-49-44-18-8-11-29-64(44)76-70(49)58)59-26-15-22-50-55-36-41(5)30-35-65(55)77-71(50)59/h6-7,9-17,19-35,37-41H,8,18,36H2,1-5H3. The van der Waals surface area contributed by atoms with Gasteiger partial charge in [-0.25, -0.2) is 0 Å². The Kier molecular flexibility index (Phi) is 9.49. The zero-order valence-corrected chi connectivity index (χ0v) is 43.7. The molecule has 0 spiro atoms. The van der Waals surface area contributed by atoms with E-state index in [4.69, 9.17) is 17.7 Å². The van der Waals surface area contributed by atoms with E-state index in [9.17, 15) is 0 Å². The third kappa shape index (κ3) is 6.36. The quantitative estimate of drug-likeness (QED) is 0.141. The molecule has 77 heavy (non-hydrogen) atoms. The first-order valence-corrected chi connectivity index (χ1v) is 27.4. The summed E-state index contributed by atoms with van der Waals surface area (Å²) in [7, 11) is 0. The van der Waals surface area contributed by atoms with Crippen LogP contribution in [-0.4, -0.2) is 0 Å². The van der Waals surface area contributed by atoms with Crippen LogP contribution in [0.4, 0.5) is 34.1 Å². The molecule has 0 saturated heterocycles. The highest BCUT2D eigenvalue weighted by atomic mass is 16.3. The van der Waals surface area contributed by atoms with Crippen LogP contribution in [0.3, 0.4) is 0 Å². The average molecular weight is 999 g/mol. The van der Waals surface area contributed by atoms with Crippen LogP contribution in [0.15, 0.2) is 188 Å². The fraction of sp³-hybridized carbons (Fsp3) is 0.155. The van der Waals surface area contributed by atoms with Crippen molar-refractivity contribution in [1.82, 2.24) is 0 Å². The minimum Gasteiger partial charge on any atom is -0.454 e. The van der Waals surface area contributed by atoms with Gasteiger partial charge in [0.1, 0.15) is 22.7 Å². The molecule has 2 aliphatic carbocycles. The van der Waals surface area contributed by atoms with E-state index < -0.39 is 0 Å². The molecule has 6 nitrogen and oxygen atoms in total. The Morgan fingerprint density at radius 3 is 1.34 bits per heavy atom. The van der Waals surface area contributed by atoms with Crippen molar-refractivity contribution in [2.45, 2.75) is 65.7 Å². The number of nitrogens with zero attached hydrogens (tertiary/aromatic N) is 2. The molecule has 0 fully saturated rings. The molecule has 1 unspecified atom stereocenters. The van der Waals surface area contributed by atoms with Crippen LogP contribution in [0.2, 0.25) is 0 Å². The Morgan fingerprint density at radius 1 is 0.403 bits per heavy atom. The minimum absolute atomic E-state index is 0.181. The van der Waals surface area contributed by atoms with Gasteiger partial charge in [-0.15, -0.1) is 0 Å². The highest BCUT2D eigenvalue weighted by Crippen LogP contribution is 2.55. The summed E-state index contributed by atoms with van der Waals surface area (Å²) in [4.78, 5) is 4.89. The number of hydrogen-bond acceptors (Lipinski definition) is 6. The van der Waals surface area contributed by atoms with Gasteiger partial charge in [-0.2, -0.15) is 0 Å². The van der Waals surface area contributed by atoms with E-state index >= 15 is 0 Å². The van der Waals surface area contributed by atoms with Gasteiger partial charge in [0.15, 0.2) is 22.3 Å². The van der Waals surface area contributed by atoms with E-state index in [1.807, 2.05) is 12.1 Å². The number of benzene rings is 10. The fourth-order valence-corrected chi connectivity index (χ4v) is 13.4. The number of aryl methyl sites for hydroxylation is 1. The van der Waals surface area contributed by atoms with E-state index in [0.717, 1.165) is 141 Å². The van der Waals surface area contributed by atoms with Crippen LogP contribution < -0.4 is 9.80 Å². The van der Waals surface area contributed by atoms with Gasteiger partial charge >= 0.3 is 0 Å². The average Bonchev–Trinajstić information content (AvgIpc) is 4.36. The van der Waals surface area contributed by atoms with E-state index in [0.29, 0.717) is 5.92 Å². The lowest BCUT2D eigenvalue weighted by atomic mass is 9.84. The second kappa shape index (κ2) is 16.5.